The van der Waals surface area contributed by atoms with Crippen molar-refractivity contribution in [3.05, 3.63) is 65.7 Å². The third kappa shape index (κ3) is 1.84. The Morgan fingerprint density at radius 3 is 2.94 bits per heavy atom. The molecule has 0 aliphatic rings. The highest BCUT2D eigenvalue weighted by Crippen LogP contribution is 2.17. The molecule has 0 unspecified atom stereocenters. The maximum Gasteiger partial charge on any atom is 0.117 e. The number of aryl methyl sites for hydroxylation is 1. The molecule has 0 fully saturated rings. The van der Waals surface area contributed by atoms with E-state index < -0.39 is 0 Å². The first-order valence-electron chi connectivity index (χ1n) is 6.00. The molecule has 2 aromatic heterocycles. The number of nitrogen functional groups attached to an aromatic ring is 1. The van der Waals surface area contributed by atoms with Crippen molar-refractivity contribution in [2.45, 2.75) is 13.3 Å². The van der Waals surface area contributed by atoms with E-state index in [0.717, 1.165) is 23.4 Å². The van der Waals surface area contributed by atoms with Crippen LogP contribution in [0.4, 0.5) is 5.69 Å². The highest BCUT2D eigenvalue weighted by atomic mass is 15.0. The molecule has 3 aromatic rings. The molecular weight excluding hydrogens is 222 g/mol. The van der Waals surface area contributed by atoms with Gasteiger partial charge in [0.25, 0.3) is 0 Å². The van der Waals surface area contributed by atoms with Gasteiger partial charge >= 0.3 is 0 Å². The molecule has 2 N–H and O–H groups in total. The lowest BCUT2D eigenvalue weighted by molar-refractivity contribution is 0.961. The number of hydrogen-bond acceptors (Lipinski definition) is 2. The first-order chi connectivity index (χ1) is 8.74. The molecule has 0 aliphatic carbocycles. The monoisotopic (exact) mass is 237 g/mol. The topological polar surface area (TPSA) is 43.3 Å². The number of aromatic nitrogens is 2. The van der Waals surface area contributed by atoms with E-state index in [-0.39, 0.29) is 0 Å². The van der Waals surface area contributed by atoms with Gasteiger partial charge < -0.3 is 10.1 Å². The minimum absolute atomic E-state index is 0.764. The summed E-state index contributed by atoms with van der Waals surface area (Å²) < 4.78 is 2.05. The Kier molecular flexibility index (Phi) is 2.52. The quantitative estimate of drug-likeness (QED) is 0.744. The van der Waals surface area contributed by atoms with Crippen LogP contribution in [0.2, 0.25) is 0 Å². The molecule has 3 heteroatoms. The van der Waals surface area contributed by atoms with Crippen molar-refractivity contribution in [3.8, 4) is 0 Å². The normalized spacial score (nSPS) is 10.9. The van der Waals surface area contributed by atoms with E-state index in [2.05, 4.69) is 40.6 Å². The van der Waals surface area contributed by atoms with Crippen LogP contribution in [0.1, 0.15) is 17.0 Å². The summed E-state index contributed by atoms with van der Waals surface area (Å²) in [4.78, 5) is 4.46. The van der Waals surface area contributed by atoms with Gasteiger partial charge in [0.15, 0.2) is 0 Å². The summed E-state index contributed by atoms with van der Waals surface area (Å²) in [5, 5.41) is 0. The standard InChI is InChI=1S/C15H15N3/c1-11-4-2-5-12(8-11)9-15-17-10-14-13(16)6-3-7-18(14)15/h2-8,10H,9,16H2,1H3. The van der Waals surface area contributed by atoms with Crippen LogP contribution in [0.3, 0.4) is 0 Å². The molecule has 0 spiro atoms. The fraction of sp³-hybridized carbons (Fsp3) is 0.133. The van der Waals surface area contributed by atoms with Crippen molar-refractivity contribution in [2.24, 2.45) is 0 Å². The van der Waals surface area contributed by atoms with Gasteiger partial charge in [0, 0.05) is 12.6 Å². The number of nitrogens with zero attached hydrogens (tertiary/aromatic N) is 2. The molecule has 0 aliphatic heterocycles. The Bertz CT molecular complexity index is 698. The van der Waals surface area contributed by atoms with Crippen LogP contribution in [-0.4, -0.2) is 9.38 Å². The lowest BCUT2D eigenvalue weighted by Gasteiger charge is -2.04. The highest BCUT2D eigenvalue weighted by molar-refractivity contribution is 5.68. The maximum atomic E-state index is 5.93. The van der Waals surface area contributed by atoms with E-state index in [1.165, 1.54) is 11.1 Å². The SMILES string of the molecule is Cc1cccc(Cc2ncc3c(N)cccn23)c1. The van der Waals surface area contributed by atoms with Crippen LogP contribution in [0.15, 0.2) is 48.8 Å². The zero-order valence-electron chi connectivity index (χ0n) is 10.3. The summed E-state index contributed by atoms with van der Waals surface area (Å²) in [6, 6.07) is 12.3. The summed E-state index contributed by atoms with van der Waals surface area (Å²) >= 11 is 0. The largest absolute Gasteiger partial charge is 0.397 e. The molecule has 90 valence electrons. The van der Waals surface area contributed by atoms with E-state index in [1.54, 1.807) is 0 Å². The average Bonchev–Trinajstić information content (AvgIpc) is 2.74. The van der Waals surface area contributed by atoms with Crippen LogP contribution in [0.25, 0.3) is 5.52 Å². The number of rotatable bonds is 2. The Balaban J connectivity index is 2.03. The number of anilines is 1. The molecule has 0 bridgehead atoms. The molecule has 0 atom stereocenters. The second-order valence-corrected chi connectivity index (χ2v) is 4.56. The molecule has 2 heterocycles. The lowest BCUT2D eigenvalue weighted by atomic mass is 10.1. The molecule has 1 aromatic carbocycles. The number of nitrogens with two attached hydrogens (primary N) is 1. The molecular formula is C15H15N3. The summed E-state index contributed by atoms with van der Waals surface area (Å²) in [7, 11) is 0. The molecule has 0 amide bonds. The minimum Gasteiger partial charge on any atom is -0.397 e. The van der Waals surface area contributed by atoms with Crippen LogP contribution in [0.5, 0.6) is 0 Å². The van der Waals surface area contributed by atoms with Crippen molar-refractivity contribution < 1.29 is 0 Å². The number of hydrogen-bond donors (Lipinski definition) is 1. The van der Waals surface area contributed by atoms with Crippen molar-refractivity contribution in [2.75, 3.05) is 5.73 Å². The number of imidazole rings is 1. The fourth-order valence-corrected chi connectivity index (χ4v) is 2.23. The Labute approximate surface area is 106 Å². The van der Waals surface area contributed by atoms with E-state index >= 15 is 0 Å². The molecule has 3 rings (SSSR count). The molecule has 0 radical (unpaired) electrons. The minimum atomic E-state index is 0.764. The summed E-state index contributed by atoms with van der Waals surface area (Å²) in [5.74, 6) is 1.02. The molecule has 0 saturated heterocycles. The fourth-order valence-electron chi connectivity index (χ4n) is 2.23. The van der Waals surface area contributed by atoms with Crippen LogP contribution < -0.4 is 5.73 Å². The van der Waals surface area contributed by atoms with Gasteiger partial charge in [-0.3, -0.25) is 0 Å². The number of fused-ring (bicyclic) bond motifs is 1. The molecule has 0 saturated carbocycles. The van der Waals surface area contributed by atoms with Gasteiger partial charge in [-0.25, -0.2) is 4.98 Å². The number of benzene rings is 1. The van der Waals surface area contributed by atoms with E-state index in [4.69, 9.17) is 5.73 Å². The van der Waals surface area contributed by atoms with Crippen LogP contribution in [0, 0.1) is 6.92 Å². The average molecular weight is 237 g/mol. The maximum absolute atomic E-state index is 5.93. The summed E-state index contributed by atoms with van der Waals surface area (Å²) in [5.41, 5.74) is 10.2. The van der Waals surface area contributed by atoms with E-state index in [0.29, 0.717) is 0 Å². The first-order valence-corrected chi connectivity index (χ1v) is 6.00. The third-order valence-electron chi connectivity index (χ3n) is 3.12. The van der Waals surface area contributed by atoms with Crippen molar-refractivity contribution in [1.82, 2.24) is 9.38 Å². The van der Waals surface area contributed by atoms with Gasteiger partial charge in [0.2, 0.25) is 0 Å². The van der Waals surface area contributed by atoms with Gasteiger partial charge in [-0.05, 0) is 24.6 Å². The summed E-state index contributed by atoms with van der Waals surface area (Å²) in [6.07, 6.45) is 4.66. The van der Waals surface area contributed by atoms with Crippen molar-refractivity contribution >= 4 is 11.2 Å². The number of pyridine rings is 1. The summed E-state index contributed by atoms with van der Waals surface area (Å²) in [6.45, 7) is 2.10. The predicted molar refractivity (Wildman–Crippen MR) is 73.6 cm³/mol. The molecule has 18 heavy (non-hydrogen) atoms. The van der Waals surface area contributed by atoms with Crippen molar-refractivity contribution in [3.63, 3.8) is 0 Å². The van der Waals surface area contributed by atoms with Crippen LogP contribution in [-0.2, 0) is 6.42 Å². The first kappa shape index (κ1) is 10.8. The van der Waals surface area contributed by atoms with Gasteiger partial charge in [0.05, 0.1) is 17.4 Å². The highest BCUT2D eigenvalue weighted by Gasteiger charge is 2.06. The van der Waals surface area contributed by atoms with E-state index in [9.17, 15) is 0 Å². The van der Waals surface area contributed by atoms with Gasteiger partial charge in [-0.1, -0.05) is 29.8 Å². The third-order valence-corrected chi connectivity index (χ3v) is 3.12. The van der Waals surface area contributed by atoms with Crippen LogP contribution >= 0.6 is 0 Å². The van der Waals surface area contributed by atoms with Gasteiger partial charge in [-0.15, -0.1) is 0 Å². The van der Waals surface area contributed by atoms with Gasteiger partial charge in [0.1, 0.15) is 5.82 Å². The molecule has 3 nitrogen and oxygen atoms in total. The lowest BCUT2D eigenvalue weighted by Crippen LogP contribution is -1.98. The smallest absolute Gasteiger partial charge is 0.117 e. The van der Waals surface area contributed by atoms with Crippen molar-refractivity contribution in [1.29, 1.82) is 0 Å². The second kappa shape index (κ2) is 4.18. The van der Waals surface area contributed by atoms with E-state index in [1.807, 2.05) is 24.5 Å². The second-order valence-electron chi connectivity index (χ2n) is 4.56. The zero-order valence-corrected chi connectivity index (χ0v) is 10.3. The Morgan fingerprint density at radius 1 is 1.22 bits per heavy atom. The zero-order chi connectivity index (χ0) is 12.5. The van der Waals surface area contributed by atoms with Gasteiger partial charge in [-0.2, -0.15) is 0 Å². The Morgan fingerprint density at radius 2 is 2.11 bits per heavy atom. The Hall–Kier alpha value is -2.29. The predicted octanol–water partition coefficient (Wildman–Crippen LogP) is 2.82.